The second-order valence-electron chi connectivity index (χ2n) is 6.62. The van der Waals surface area contributed by atoms with E-state index in [0.717, 1.165) is 50.3 Å². The molecule has 1 saturated carbocycles. The Bertz CT molecular complexity index is 670. The molecule has 1 aliphatic heterocycles. The van der Waals surface area contributed by atoms with Gasteiger partial charge in [0.05, 0.1) is 0 Å². The number of pyridine rings is 1. The number of rotatable bonds is 3. The van der Waals surface area contributed by atoms with Crippen molar-refractivity contribution in [1.82, 2.24) is 19.4 Å². The molecule has 0 N–H and O–H groups in total. The van der Waals surface area contributed by atoms with E-state index in [-0.39, 0.29) is 0 Å². The van der Waals surface area contributed by atoms with E-state index in [2.05, 4.69) is 22.0 Å². The Morgan fingerprint density at radius 1 is 1.13 bits per heavy atom. The molecule has 2 fully saturated rings. The van der Waals surface area contributed by atoms with Crippen LogP contribution < -0.4 is 0 Å². The summed E-state index contributed by atoms with van der Waals surface area (Å²) in [6.07, 6.45) is 10.9. The van der Waals surface area contributed by atoms with Crippen molar-refractivity contribution in [2.75, 3.05) is 13.1 Å². The Hall–Kier alpha value is -2.17. The maximum absolute atomic E-state index is 12.3. The molecule has 23 heavy (non-hydrogen) atoms. The van der Waals surface area contributed by atoms with Crippen molar-refractivity contribution >= 4 is 5.91 Å². The first kappa shape index (κ1) is 14.4. The molecule has 5 nitrogen and oxygen atoms in total. The molecule has 2 aromatic rings. The van der Waals surface area contributed by atoms with Gasteiger partial charge in [-0.3, -0.25) is 9.36 Å². The van der Waals surface area contributed by atoms with E-state index in [9.17, 15) is 4.79 Å². The lowest BCUT2D eigenvalue weighted by Crippen LogP contribution is -2.43. The molecule has 5 heteroatoms. The maximum Gasteiger partial charge on any atom is 0.225 e. The van der Waals surface area contributed by atoms with Crippen molar-refractivity contribution in [1.29, 1.82) is 0 Å². The number of imidazole rings is 1. The first-order chi connectivity index (χ1) is 11.3. The summed E-state index contributed by atoms with van der Waals surface area (Å²) in [5.74, 6) is 2.06. The van der Waals surface area contributed by atoms with E-state index in [1.165, 1.54) is 6.42 Å². The van der Waals surface area contributed by atoms with Crippen LogP contribution in [0.15, 0.2) is 36.9 Å². The molecule has 4 rings (SSSR count). The SMILES string of the molecule is O=C(C1CCC1)N1CCC(c2cccc(-n3ccnc3)n2)CC1. The molecule has 2 aromatic heterocycles. The second-order valence-corrected chi connectivity index (χ2v) is 6.62. The van der Waals surface area contributed by atoms with Crippen molar-refractivity contribution in [2.45, 2.75) is 38.0 Å². The quantitative estimate of drug-likeness (QED) is 0.876. The third-order valence-electron chi connectivity index (χ3n) is 5.20. The Morgan fingerprint density at radius 2 is 1.96 bits per heavy atom. The lowest BCUT2D eigenvalue weighted by molar-refractivity contribution is -0.139. The van der Waals surface area contributed by atoms with Crippen LogP contribution in [0, 0.1) is 5.92 Å². The normalized spacial score (nSPS) is 19.6. The van der Waals surface area contributed by atoms with E-state index in [1.54, 1.807) is 12.5 Å². The molecule has 0 unspecified atom stereocenters. The van der Waals surface area contributed by atoms with Gasteiger partial charge in [-0.25, -0.2) is 9.97 Å². The number of aromatic nitrogens is 3. The molecule has 0 spiro atoms. The Kier molecular flexibility index (Phi) is 3.85. The summed E-state index contributed by atoms with van der Waals surface area (Å²) < 4.78 is 1.93. The molecular weight excluding hydrogens is 288 g/mol. The molecule has 1 aliphatic carbocycles. The Morgan fingerprint density at radius 3 is 2.61 bits per heavy atom. The van der Waals surface area contributed by atoms with E-state index >= 15 is 0 Å². The van der Waals surface area contributed by atoms with Gasteiger partial charge in [-0.15, -0.1) is 0 Å². The Labute approximate surface area is 136 Å². The van der Waals surface area contributed by atoms with Gasteiger partial charge < -0.3 is 4.90 Å². The van der Waals surface area contributed by atoms with Gasteiger partial charge in [-0.05, 0) is 37.8 Å². The standard InChI is InChI=1S/C18H22N4O/c23-18(15-3-1-4-15)21-10-7-14(8-11-21)16-5-2-6-17(20-16)22-12-9-19-13-22/h2,5-6,9,12-15H,1,3-4,7-8,10-11H2. The molecule has 2 aliphatic rings. The highest BCUT2D eigenvalue weighted by Crippen LogP contribution is 2.32. The number of likely N-dealkylation sites (tertiary alicyclic amines) is 1. The Balaban J connectivity index is 1.42. The monoisotopic (exact) mass is 310 g/mol. The first-order valence-electron chi connectivity index (χ1n) is 8.55. The minimum absolute atomic E-state index is 0.314. The van der Waals surface area contributed by atoms with Crippen LogP contribution in [0.3, 0.4) is 0 Å². The minimum Gasteiger partial charge on any atom is -0.342 e. The van der Waals surface area contributed by atoms with Gasteiger partial charge in [-0.1, -0.05) is 12.5 Å². The van der Waals surface area contributed by atoms with E-state index in [1.807, 2.05) is 16.8 Å². The summed E-state index contributed by atoms with van der Waals surface area (Å²) in [7, 11) is 0. The van der Waals surface area contributed by atoms with Gasteiger partial charge in [0.25, 0.3) is 0 Å². The van der Waals surface area contributed by atoms with Crippen molar-refractivity contribution in [3.8, 4) is 5.82 Å². The van der Waals surface area contributed by atoms with Crippen LogP contribution in [0.2, 0.25) is 0 Å². The van der Waals surface area contributed by atoms with Crippen LogP contribution in [-0.4, -0.2) is 38.4 Å². The number of nitrogens with zero attached hydrogens (tertiary/aromatic N) is 4. The van der Waals surface area contributed by atoms with Crippen LogP contribution in [0.4, 0.5) is 0 Å². The fourth-order valence-corrected chi connectivity index (χ4v) is 3.51. The third kappa shape index (κ3) is 2.87. The van der Waals surface area contributed by atoms with Gasteiger partial charge in [0.1, 0.15) is 12.1 Å². The van der Waals surface area contributed by atoms with Crippen LogP contribution in [0.1, 0.15) is 43.7 Å². The number of piperidine rings is 1. The predicted octanol–water partition coefficient (Wildman–Crippen LogP) is 2.77. The highest BCUT2D eigenvalue weighted by molar-refractivity contribution is 5.79. The number of carbonyl (C=O) groups is 1. The summed E-state index contributed by atoms with van der Waals surface area (Å²) >= 11 is 0. The molecule has 3 heterocycles. The van der Waals surface area contributed by atoms with Gasteiger partial charge >= 0.3 is 0 Å². The third-order valence-corrected chi connectivity index (χ3v) is 5.20. The van der Waals surface area contributed by atoms with Crippen molar-refractivity contribution < 1.29 is 4.79 Å². The predicted molar refractivity (Wildman–Crippen MR) is 87.3 cm³/mol. The molecule has 0 bridgehead atoms. The zero-order valence-electron chi connectivity index (χ0n) is 13.3. The summed E-state index contributed by atoms with van der Waals surface area (Å²) in [5, 5.41) is 0. The number of hydrogen-bond donors (Lipinski definition) is 0. The molecule has 0 atom stereocenters. The molecule has 1 amide bonds. The molecular formula is C18H22N4O. The highest BCUT2D eigenvalue weighted by atomic mass is 16.2. The molecule has 1 saturated heterocycles. The van der Waals surface area contributed by atoms with Gasteiger partial charge in [0.15, 0.2) is 0 Å². The lowest BCUT2D eigenvalue weighted by Gasteiger charge is -2.36. The average Bonchev–Trinajstić information content (AvgIpc) is 3.08. The summed E-state index contributed by atoms with van der Waals surface area (Å²) in [6.45, 7) is 1.74. The topological polar surface area (TPSA) is 51.0 Å². The number of carbonyl (C=O) groups excluding carboxylic acids is 1. The largest absolute Gasteiger partial charge is 0.342 e. The van der Waals surface area contributed by atoms with Gasteiger partial charge in [-0.2, -0.15) is 0 Å². The maximum atomic E-state index is 12.3. The zero-order valence-corrected chi connectivity index (χ0v) is 13.3. The van der Waals surface area contributed by atoms with Crippen molar-refractivity contribution in [3.63, 3.8) is 0 Å². The second kappa shape index (κ2) is 6.14. The highest BCUT2D eigenvalue weighted by Gasteiger charge is 2.32. The fourth-order valence-electron chi connectivity index (χ4n) is 3.51. The first-order valence-corrected chi connectivity index (χ1v) is 8.55. The van der Waals surface area contributed by atoms with Crippen molar-refractivity contribution in [3.05, 3.63) is 42.6 Å². The van der Waals surface area contributed by atoms with E-state index in [0.29, 0.717) is 17.7 Å². The minimum atomic E-state index is 0.314. The smallest absolute Gasteiger partial charge is 0.225 e. The van der Waals surface area contributed by atoms with Gasteiger partial charge in [0, 0.05) is 43.0 Å². The van der Waals surface area contributed by atoms with Gasteiger partial charge in [0.2, 0.25) is 5.91 Å². The van der Waals surface area contributed by atoms with Crippen LogP contribution in [-0.2, 0) is 4.79 Å². The molecule has 0 radical (unpaired) electrons. The average molecular weight is 310 g/mol. The number of amides is 1. The van der Waals surface area contributed by atoms with E-state index < -0.39 is 0 Å². The number of hydrogen-bond acceptors (Lipinski definition) is 3. The van der Waals surface area contributed by atoms with Crippen LogP contribution >= 0.6 is 0 Å². The molecule has 120 valence electrons. The van der Waals surface area contributed by atoms with Crippen molar-refractivity contribution in [2.24, 2.45) is 5.92 Å². The lowest BCUT2D eigenvalue weighted by atomic mass is 9.83. The van der Waals surface area contributed by atoms with Crippen LogP contribution in [0.25, 0.3) is 5.82 Å². The van der Waals surface area contributed by atoms with E-state index in [4.69, 9.17) is 4.98 Å². The summed E-state index contributed by atoms with van der Waals surface area (Å²) in [4.78, 5) is 23.3. The van der Waals surface area contributed by atoms with Crippen LogP contribution in [0.5, 0.6) is 0 Å². The molecule has 0 aromatic carbocycles. The fraction of sp³-hybridized carbons (Fsp3) is 0.500. The summed E-state index contributed by atoms with van der Waals surface area (Å²) in [6, 6.07) is 6.17. The summed E-state index contributed by atoms with van der Waals surface area (Å²) in [5.41, 5.74) is 1.13. The zero-order chi connectivity index (χ0) is 15.6.